The molecular weight excluding hydrogens is 646 g/mol. The first-order chi connectivity index (χ1) is 22.4. The van der Waals surface area contributed by atoms with Gasteiger partial charge in [-0.3, -0.25) is 4.79 Å². The Kier molecular flexibility index (Phi) is 9.21. The van der Waals surface area contributed by atoms with E-state index >= 15 is 0 Å². The standard InChI is InChI=1S/C37H32BrN3O5/c1-24-11-12-25(2)41(24)29-13-15-30(16-14-29)44-23-31-17-18-34(46-31)37(42)40-39-21-26-19-33(38)36(35(20-26)43-3)45-22-28-9-6-8-27-7-4-5-10-32(27)28/h4-21H,22-23H2,1-3H3,(H,40,42)/b39-21+. The van der Waals surface area contributed by atoms with Crippen molar-refractivity contribution in [1.82, 2.24) is 9.99 Å². The van der Waals surface area contributed by atoms with E-state index in [2.05, 4.69) is 75.2 Å². The fourth-order valence-electron chi connectivity index (χ4n) is 5.24. The SMILES string of the molecule is COc1cc(/C=N/NC(=O)c2ccc(COc3ccc(-n4c(C)ccc4C)cc3)o2)cc(Br)c1OCc1cccc2ccccc12. The summed E-state index contributed by atoms with van der Waals surface area (Å²) >= 11 is 3.59. The number of fused-ring (bicyclic) bond motifs is 1. The van der Waals surface area contributed by atoms with Crippen LogP contribution in [0.1, 0.15) is 38.8 Å². The Bertz CT molecular complexity index is 2000. The summed E-state index contributed by atoms with van der Waals surface area (Å²) in [6.45, 7) is 4.70. The van der Waals surface area contributed by atoms with Crippen molar-refractivity contribution in [3.63, 3.8) is 0 Å². The molecule has 1 amide bonds. The number of carbonyl (C=O) groups excluding carboxylic acids is 1. The zero-order chi connectivity index (χ0) is 32.0. The molecule has 0 saturated carbocycles. The molecule has 0 fully saturated rings. The molecule has 0 aliphatic carbocycles. The van der Waals surface area contributed by atoms with Crippen molar-refractivity contribution in [2.24, 2.45) is 5.10 Å². The van der Waals surface area contributed by atoms with Gasteiger partial charge in [0.25, 0.3) is 0 Å². The smallest absolute Gasteiger partial charge is 0.307 e. The third-order valence-electron chi connectivity index (χ3n) is 7.52. The van der Waals surface area contributed by atoms with Crippen LogP contribution in [0.3, 0.4) is 0 Å². The maximum Gasteiger partial charge on any atom is 0.307 e. The van der Waals surface area contributed by atoms with E-state index in [1.165, 1.54) is 17.6 Å². The maximum absolute atomic E-state index is 12.7. The van der Waals surface area contributed by atoms with Gasteiger partial charge in [-0.25, -0.2) is 5.43 Å². The number of ether oxygens (including phenoxy) is 3. The Hall–Kier alpha value is -5.28. The number of aryl methyl sites for hydroxylation is 2. The molecular formula is C37H32BrN3O5. The van der Waals surface area contributed by atoms with Gasteiger partial charge in [-0.15, -0.1) is 0 Å². The van der Waals surface area contributed by atoms with E-state index < -0.39 is 5.91 Å². The second-order valence-corrected chi connectivity index (χ2v) is 11.5. The van der Waals surface area contributed by atoms with E-state index in [-0.39, 0.29) is 12.4 Å². The van der Waals surface area contributed by atoms with Gasteiger partial charge >= 0.3 is 5.91 Å². The monoisotopic (exact) mass is 677 g/mol. The number of nitrogens with zero attached hydrogens (tertiary/aromatic N) is 2. The molecule has 0 spiro atoms. The molecule has 9 heteroatoms. The first kappa shape index (κ1) is 30.7. The molecule has 1 N–H and O–H groups in total. The minimum absolute atomic E-state index is 0.126. The summed E-state index contributed by atoms with van der Waals surface area (Å²) in [5.41, 5.74) is 7.67. The highest BCUT2D eigenvalue weighted by molar-refractivity contribution is 9.10. The number of nitrogens with one attached hydrogen (secondary N) is 1. The molecule has 8 nitrogen and oxygen atoms in total. The van der Waals surface area contributed by atoms with Crippen molar-refractivity contribution in [2.45, 2.75) is 27.1 Å². The van der Waals surface area contributed by atoms with E-state index in [9.17, 15) is 4.79 Å². The highest BCUT2D eigenvalue weighted by Gasteiger charge is 2.14. The third kappa shape index (κ3) is 6.84. The van der Waals surface area contributed by atoms with Crippen LogP contribution in [0.15, 0.2) is 117 Å². The van der Waals surface area contributed by atoms with Crippen LogP contribution in [0, 0.1) is 13.8 Å². The first-order valence-corrected chi connectivity index (χ1v) is 15.5. The number of hydrazone groups is 1. The van der Waals surface area contributed by atoms with Crippen LogP contribution in [0.4, 0.5) is 0 Å². The second-order valence-electron chi connectivity index (χ2n) is 10.7. The number of hydrogen-bond donors (Lipinski definition) is 1. The van der Waals surface area contributed by atoms with Gasteiger partial charge in [0.15, 0.2) is 17.3 Å². The number of rotatable bonds is 11. The second kappa shape index (κ2) is 13.8. The fourth-order valence-corrected chi connectivity index (χ4v) is 5.82. The zero-order valence-corrected chi connectivity index (χ0v) is 27.2. The normalized spacial score (nSPS) is 11.2. The average molecular weight is 679 g/mol. The van der Waals surface area contributed by atoms with E-state index in [0.29, 0.717) is 39.7 Å². The average Bonchev–Trinajstić information content (AvgIpc) is 3.69. The topological polar surface area (TPSA) is 87.2 Å². The summed E-state index contributed by atoms with van der Waals surface area (Å²) in [5, 5.41) is 6.39. The maximum atomic E-state index is 12.7. The summed E-state index contributed by atoms with van der Waals surface area (Å²) in [5.74, 6) is 1.96. The van der Waals surface area contributed by atoms with Crippen molar-refractivity contribution < 1.29 is 23.4 Å². The predicted octanol–water partition coefficient (Wildman–Crippen LogP) is 8.53. The van der Waals surface area contributed by atoms with Gasteiger partial charge in [0.05, 0.1) is 17.8 Å². The quantitative estimate of drug-likeness (QED) is 0.110. The number of benzene rings is 4. The molecule has 6 aromatic rings. The fraction of sp³-hybridized carbons (Fsp3) is 0.135. The van der Waals surface area contributed by atoms with E-state index in [1.807, 2.05) is 54.6 Å². The van der Waals surface area contributed by atoms with E-state index in [4.69, 9.17) is 18.6 Å². The first-order valence-electron chi connectivity index (χ1n) is 14.7. The van der Waals surface area contributed by atoms with Gasteiger partial charge in [-0.2, -0.15) is 5.10 Å². The summed E-state index contributed by atoms with van der Waals surface area (Å²) < 4.78 is 26.2. The Morgan fingerprint density at radius 3 is 2.43 bits per heavy atom. The third-order valence-corrected chi connectivity index (χ3v) is 8.11. The van der Waals surface area contributed by atoms with Crippen LogP contribution >= 0.6 is 15.9 Å². The molecule has 0 unspecified atom stereocenters. The highest BCUT2D eigenvalue weighted by atomic mass is 79.9. The van der Waals surface area contributed by atoms with Crippen LogP contribution < -0.4 is 19.6 Å². The predicted molar refractivity (Wildman–Crippen MR) is 182 cm³/mol. The van der Waals surface area contributed by atoms with Gasteiger partial charge in [0, 0.05) is 17.1 Å². The van der Waals surface area contributed by atoms with E-state index in [0.717, 1.165) is 22.0 Å². The minimum atomic E-state index is -0.481. The molecule has 2 heterocycles. The molecule has 0 radical (unpaired) electrons. The number of carbonyl (C=O) groups is 1. The molecule has 46 heavy (non-hydrogen) atoms. The van der Waals surface area contributed by atoms with Gasteiger partial charge in [-0.05, 0) is 112 Å². The van der Waals surface area contributed by atoms with Crippen LogP contribution in [-0.2, 0) is 13.2 Å². The van der Waals surface area contributed by atoms with Gasteiger partial charge < -0.3 is 23.2 Å². The Balaban J connectivity index is 1.04. The van der Waals surface area contributed by atoms with Gasteiger partial charge in [-0.1, -0.05) is 42.5 Å². The molecule has 0 aliphatic heterocycles. The van der Waals surface area contributed by atoms with Crippen LogP contribution in [0.25, 0.3) is 16.5 Å². The summed E-state index contributed by atoms with van der Waals surface area (Å²) in [7, 11) is 1.58. The zero-order valence-electron chi connectivity index (χ0n) is 25.6. The molecule has 6 rings (SSSR count). The number of aromatic nitrogens is 1. The van der Waals surface area contributed by atoms with Crippen molar-refractivity contribution >= 4 is 38.8 Å². The minimum Gasteiger partial charge on any atom is -0.493 e. The van der Waals surface area contributed by atoms with Gasteiger partial charge in [0.1, 0.15) is 24.7 Å². The molecule has 2 aromatic heterocycles. The Morgan fingerprint density at radius 2 is 1.65 bits per heavy atom. The molecule has 0 atom stereocenters. The van der Waals surface area contributed by atoms with Crippen LogP contribution in [-0.4, -0.2) is 23.8 Å². The van der Waals surface area contributed by atoms with Crippen molar-refractivity contribution in [3.05, 3.63) is 142 Å². The summed E-state index contributed by atoms with van der Waals surface area (Å²) in [4.78, 5) is 12.7. The Labute approximate surface area is 275 Å². The van der Waals surface area contributed by atoms with E-state index in [1.54, 1.807) is 25.3 Å². The molecule has 0 aliphatic rings. The lowest BCUT2D eigenvalue weighted by atomic mass is 10.1. The van der Waals surface area contributed by atoms with Crippen molar-refractivity contribution in [3.8, 4) is 22.9 Å². The lowest BCUT2D eigenvalue weighted by Gasteiger charge is -2.14. The van der Waals surface area contributed by atoms with Crippen molar-refractivity contribution in [1.29, 1.82) is 0 Å². The van der Waals surface area contributed by atoms with Crippen molar-refractivity contribution in [2.75, 3.05) is 7.11 Å². The summed E-state index contributed by atoms with van der Waals surface area (Å²) in [6.07, 6.45) is 1.52. The van der Waals surface area contributed by atoms with Gasteiger partial charge in [0.2, 0.25) is 0 Å². The summed E-state index contributed by atoms with van der Waals surface area (Å²) in [6, 6.07) is 33.3. The number of amides is 1. The molecule has 0 saturated heterocycles. The number of hydrogen-bond acceptors (Lipinski definition) is 6. The number of methoxy groups -OCH3 is 1. The Morgan fingerprint density at radius 1 is 0.891 bits per heavy atom. The molecule has 4 aromatic carbocycles. The lowest BCUT2D eigenvalue weighted by Crippen LogP contribution is -2.16. The number of furan rings is 1. The lowest BCUT2D eigenvalue weighted by molar-refractivity contribution is 0.0923. The van der Waals surface area contributed by atoms with Crippen LogP contribution in [0.2, 0.25) is 0 Å². The largest absolute Gasteiger partial charge is 0.493 e. The number of halogens is 1. The molecule has 232 valence electrons. The highest BCUT2D eigenvalue weighted by Crippen LogP contribution is 2.37. The molecule has 0 bridgehead atoms. The van der Waals surface area contributed by atoms with Crippen LogP contribution in [0.5, 0.6) is 17.2 Å².